The van der Waals surface area contributed by atoms with Gasteiger partial charge in [0.15, 0.2) is 0 Å². The van der Waals surface area contributed by atoms with Crippen LogP contribution in [0.1, 0.15) is 36.6 Å². The second-order valence-electron chi connectivity index (χ2n) is 10.5. The van der Waals surface area contributed by atoms with Gasteiger partial charge in [0, 0.05) is 58.3 Å². The van der Waals surface area contributed by atoms with E-state index >= 15 is 0 Å². The number of hydrogen-bond donors (Lipinski definition) is 0. The lowest BCUT2D eigenvalue weighted by molar-refractivity contribution is 0.194. The lowest BCUT2D eigenvalue weighted by Crippen LogP contribution is -2.37. The lowest BCUT2D eigenvalue weighted by Gasteiger charge is -2.33. The predicted octanol–water partition coefficient (Wildman–Crippen LogP) is 4.10. The number of rotatable bonds is 7. The van der Waals surface area contributed by atoms with Crippen molar-refractivity contribution in [1.29, 1.82) is 5.26 Å². The Labute approximate surface area is 210 Å². The van der Waals surface area contributed by atoms with Crippen LogP contribution in [0.25, 0.3) is 0 Å². The molecule has 0 unspecified atom stereocenters. The first-order valence-corrected chi connectivity index (χ1v) is 13.2. The molecule has 3 aliphatic heterocycles. The van der Waals surface area contributed by atoms with Gasteiger partial charge in [-0.15, -0.1) is 0 Å². The predicted molar refractivity (Wildman–Crippen MR) is 140 cm³/mol. The highest BCUT2D eigenvalue weighted by Crippen LogP contribution is 2.25. The number of pyridine rings is 1. The first-order chi connectivity index (χ1) is 17.1. The number of anilines is 1. The van der Waals surface area contributed by atoms with Crippen molar-refractivity contribution >= 4 is 5.69 Å². The minimum Gasteiger partial charge on any atom is -0.370 e. The maximum Gasteiger partial charge on any atom is 0.0970 e. The van der Waals surface area contributed by atoms with Gasteiger partial charge >= 0.3 is 0 Å². The van der Waals surface area contributed by atoms with E-state index in [0.29, 0.717) is 5.92 Å². The molecule has 1 aromatic carbocycles. The third-order valence-corrected chi connectivity index (χ3v) is 7.89. The van der Waals surface area contributed by atoms with Crippen LogP contribution in [0.2, 0.25) is 0 Å². The molecule has 2 fully saturated rings. The largest absolute Gasteiger partial charge is 0.370 e. The third kappa shape index (κ3) is 5.62. The average Bonchev–Trinajstić information content (AvgIpc) is 3.23. The highest BCUT2D eigenvalue weighted by Gasteiger charge is 2.26. The summed E-state index contributed by atoms with van der Waals surface area (Å²) in [5.41, 5.74) is 5.27. The van der Waals surface area contributed by atoms with Crippen molar-refractivity contribution in [1.82, 2.24) is 19.7 Å². The van der Waals surface area contributed by atoms with Crippen molar-refractivity contribution < 1.29 is 0 Å². The summed E-state index contributed by atoms with van der Waals surface area (Å²) in [4.78, 5) is 14.5. The summed E-state index contributed by atoms with van der Waals surface area (Å²) >= 11 is 0. The summed E-state index contributed by atoms with van der Waals surface area (Å²) < 4.78 is 0. The summed E-state index contributed by atoms with van der Waals surface area (Å²) in [7, 11) is 0. The zero-order valence-electron chi connectivity index (χ0n) is 21.1. The Morgan fingerprint density at radius 2 is 1.77 bits per heavy atom. The molecule has 6 nitrogen and oxygen atoms in total. The van der Waals surface area contributed by atoms with Crippen LogP contribution in [0.3, 0.4) is 0 Å². The van der Waals surface area contributed by atoms with Crippen molar-refractivity contribution in [3.05, 3.63) is 71.8 Å². The second-order valence-corrected chi connectivity index (χ2v) is 10.5. The van der Waals surface area contributed by atoms with E-state index in [4.69, 9.17) is 10.2 Å². The van der Waals surface area contributed by atoms with Gasteiger partial charge in [-0.25, -0.2) is 0 Å². The Hall–Kier alpha value is -3.04. The van der Waals surface area contributed by atoms with Crippen molar-refractivity contribution in [2.45, 2.75) is 39.3 Å². The summed E-state index contributed by atoms with van der Waals surface area (Å²) in [6.45, 7) is 16.0. The molecule has 3 aliphatic rings. The van der Waals surface area contributed by atoms with E-state index in [2.05, 4.69) is 75.6 Å². The van der Waals surface area contributed by atoms with Gasteiger partial charge in [0.1, 0.15) is 0 Å². The van der Waals surface area contributed by atoms with E-state index < -0.39 is 0 Å². The van der Waals surface area contributed by atoms with Gasteiger partial charge in [0.05, 0.1) is 36.0 Å². The molecule has 4 heterocycles. The molecule has 2 saturated heterocycles. The van der Waals surface area contributed by atoms with E-state index in [0.717, 1.165) is 89.7 Å². The number of fused-ring (bicyclic) bond motifs is 1. The number of hydrogen-bond acceptors (Lipinski definition) is 6. The molecular formula is C29H38N6. The molecule has 1 atom stereocenters. The molecule has 6 heteroatoms. The van der Waals surface area contributed by atoms with Crippen LogP contribution in [0.5, 0.6) is 0 Å². The van der Waals surface area contributed by atoms with E-state index in [9.17, 15) is 0 Å². The Morgan fingerprint density at radius 3 is 2.51 bits per heavy atom. The van der Waals surface area contributed by atoms with Crippen LogP contribution in [0.15, 0.2) is 55.0 Å². The van der Waals surface area contributed by atoms with Gasteiger partial charge in [0.2, 0.25) is 0 Å². The first-order valence-electron chi connectivity index (χ1n) is 13.2. The molecule has 0 aliphatic carbocycles. The molecule has 0 saturated carbocycles. The fourth-order valence-corrected chi connectivity index (χ4v) is 5.81. The Bertz CT molecular complexity index is 1050. The zero-order valence-corrected chi connectivity index (χ0v) is 21.1. The fraction of sp³-hybridized carbons (Fsp3) is 0.517. The molecular weight excluding hydrogens is 432 g/mol. The summed E-state index contributed by atoms with van der Waals surface area (Å²) in [5, 5.41) is 9.12. The molecule has 5 rings (SSSR count). The Kier molecular flexibility index (Phi) is 7.24. The van der Waals surface area contributed by atoms with Crippen molar-refractivity contribution in [3.63, 3.8) is 0 Å². The van der Waals surface area contributed by atoms with Gasteiger partial charge in [-0.1, -0.05) is 37.8 Å². The van der Waals surface area contributed by atoms with Crippen LogP contribution in [-0.4, -0.2) is 65.5 Å². The van der Waals surface area contributed by atoms with Gasteiger partial charge in [-0.05, 0) is 48.4 Å². The van der Waals surface area contributed by atoms with Gasteiger partial charge in [-0.2, -0.15) is 5.26 Å². The summed E-state index contributed by atoms with van der Waals surface area (Å²) in [6.07, 6.45) is 5.06. The fourth-order valence-electron chi connectivity index (χ4n) is 5.81. The van der Waals surface area contributed by atoms with Crippen LogP contribution >= 0.6 is 0 Å². The number of benzene rings is 1. The number of nitrogens with zero attached hydrogens (tertiary/aromatic N) is 6. The minimum absolute atomic E-state index is 0.210. The van der Waals surface area contributed by atoms with Crippen LogP contribution < -0.4 is 4.90 Å². The number of aromatic nitrogens is 1. The van der Waals surface area contributed by atoms with E-state index in [-0.39, 0.29) is 5.92 Å². The van der Waals surface area contributed by atoms with Crippen molar-refractivity contribution in [3.8, 4) is 6.07 Å². The molecule has 0 spiro atoms. The summed E-state index contributed by atoms with van der Waals surface area (Å²) in [6, 6.07) is 15.6. The topological polar surface area (TPSA) is 49.6 Å². The monoisotopic (exact) mass is 470 g/mol. The normalized spacial score (nSPS) is 20.1. The van der Waals surface area contributed by atoms with Crippen LogP contribution in [-0.2, 0) is 19.5 Å². The first kappa shape index (κ1) is 23.7. The molecule has 35 heavy (non-hydrogen) atoms. The standard InChI is InChI=1S/C29H38N6/c1-23(19-32-12-11-26-5-3-4-6-27(26)21-32)20-34-15-16-35(24(34)2)22-28-7-8-29(18-31-28)33-13-9-25(17-30)10-14-33/h3-8,18,23,25H,2,9-16,19-22H2,1H3/t23-/m1/s1. The molecule has 0 amide bonds. The van der Waals surface area contributed by atoms with E-state index in [1.807, 2.05) is 6.20 Å². The third-order valence-electron chi connectivity index (χ3n) is 7.89. The van der Waals surface area contributed by atoms with Gasteiger partial charge in [-0.3, -0.25) is 9.88 Å². The Morgan fingerprint density at radius 1 is 1.00 bits per heavy atom. The molecule has 0 radical (unpaired) electrons. The summed E-state index contributed by atoms with van der Waals surface area (Å²) in [5.74, 6) is 1.94. The maximum atomic E-state index is 9.12. The average molecular weight is 471 g/mol. The van der Waals surface area contributed by atoms with Gasteiger partial charge in [0.25, 0.3) is 0 Å². The van der Waals surface area contributed by atoms with Crippen molar-refractivity contribution in [2.24, 2.45) is 11.8 Å². The van der Waals surface area contributed by atoms with Crippen LogP contribution in [0, 0.1) is 23.2 Å². The van der Waals surface area contributed by atoms with Gasteiger partial charge < -0.3 is 14.7 Å². The molecule has 184 valence electrons. The second kappa shape index (κ2) is 10.7. The molecule has 0 bridgehead atoms. The lowest BCUT2D eigenvalue weighted by atomic mass is 9.98. The Balaban J connectivity index is 1.09. The number of nitriles is 1. The van der Waals surface area contributed by atoms with Crippen LogP contribution in [0.4, 0.5) is 5.69 Å². The maximum absolute atomic E-state index is 9.12. The highest BCUT2D eigenvalue weighted by molar-refractivity contribution is 5.45. The highest BCUT2D eigenvalue weighted by atomic mass is 15.4. The quantitative estimate of drug-likeness (QED) is 0.607. The molecule has 2 aromatic rings. The van der Waals surface area contributed by atoms with Crippen molar-refractivity contribution in [2.75, 3.05) is 50.7 Å². The van der Waals surface area contributed by atoms with E-state index in [1.165, 1.54) is 16.8 Å². The zero-order chi connectivity index (χ0) is 24.2. The molecule has 1 aromatic heterocycles. The van der Waals surface area contributed by atoms with E-state index in [1.54, 1.807) is 0 Å². The minimum atomic E-state index is 0.210. The molecule has 0 N–H and O–H groups in total. The number of piperidine rings is 1. The SMILES string of the molecule is C=C1N(Cc2ccc(N3CCC(C#N)CC3)cn2)CCN1C[C@H](C)CN1CCc2ccccc2C1. The smallest absolute Gasteiger partial charge is 0.0970 e.